The van der Waals surface area contributed by atoms with E-state index in [1.54, 1.807) is 27.7 Å². The van der Waals surface area contributed by atoms with Crippen molar-refractivity contribution >= 4 is 23.5 Å². The van der Waals surface area contributed by atoms with Crippen molar-refractivity contribution in [2.75, 3.05) is 10.2 Å². The standard InChI is InChI=1S/C20H28F3N3O3/c1-11-8-13-12(24-16(11)25-15(27)10-18(2,3)4)9-14(20(21,22)23)26(13)17(28)29-19(5,6)7/h8,14H,9-10H2,1-7H3,(H,24,25,27). The van der Waals surface area contributed by atoms with Crippen LogP contribution in [0.2, 0.25) is 0 Å². The predicted molar refractivity (Wildman–Crippen MR) is 104 cm³/mol. The molecule has 1 aliphatic heterocycles. The van der Waals surface area contributed by atoms with Crippen molar-refractivity contribution in [3.05, 3.63) is 17.3 Å². The van der Waals surface area contributed by atoms with Gasteiger partial charge in [0.1, 0.15) is 17.5 Å². The number of aromatic nitrogens is 1. The van der Waals surface area contributed by atoms with Crippen LogP contribution in [-0.2, 0) is 16.0 Å². The molecule has 2 amide bonds. The van der Waals surface area contributed by atoms with Gasteiger partial charge in [-0.25, -0.2) is 9.78 Å². The summed E-state index contributed by atoms with van der Waals surface area (Å²) in [5.41, 5.74) is -0.590. The Bertz CT molecular complexity index is 808. The molecular weight excluding hydrogens is 387 g/mol. The van der Waals surface area contributed by atoms with Crippen LogP contribution in [-0.4, -0.2) is 34.8 Å². The molecule has 0 aromatic carbocycles. The Morgan fingerprint density at radius 3 is 2.28 bits per heavy atom. The van der Waals surface area contributed by atoms with Crippen LogP contribution in [0.5, 0.6) is 0 Å². The van der Waals surface area contributed by atoms with Gasteiger partial charge in [0.15, 0.2) is 0 Å². The normalized spacial score (nSPS) is 17.2. The summed E-state index contributed by atoms with van der Waals surface area (Å²) >= 11 is 0. The molecule has 162 valence electrons. The van der Waals surface area contributed by atoms with Crippen LogP contribution in [0.15, 0.2) is 6.07 Å². The number of halogens is 3. The van der Waals surface area contributed by atoms with Crippen LogP contribution < -0.4 is 10.2 Å². The summed E-state index contributed by atoms with van der Waals surface area (Å²) in [6.45, 7) is 12.1. The topological polar surface area (TPSA) is 71.5 Å². The lowest BCUT2D eigenvalue weighted by atomic mass is 9.92. The van der Waals surface area contributed by atoms with E-state index < -0.39 is 30.3 Å². The number of pyridine rings is 1. The zero-order valence-electron chi connectivity index (χ0n) is 17.8. The second-order valence-electron chi connectivity index (χ2n) is 9.52. The zero-order valence-corrected chi connectivity index (χ0v) is 17.8. The monoisotopic (exact) mass is 415 g/mol. The third-order valence-electron chi connectivity index (χ3n) is 4.14. The molecule has 9 heteroatoms. The number of ether oxygens (including phenoxy) is 1. The molecule has 1 N–H and O–H groups in total. The number of nitrogens with one attached hydrogen (secondary N) is 1. The van der Waals surface area contributed by atoms with Gasteiger partial charge in [-0.15, -0.1) is 0 Å². The lowest BCUT2D eigenvalue weighted by Gasteiger charge is -2.30. The van der Waals surface area contributed by atoms with E-state index in [0.29, 0.717) is 10.5 Å². The molecule has 0 spiro atoms. The van der Waals surface area contributed by atoms with Gasteiger partial charge < -0.3 is 10.1 Å². The number of anilines is 2. The second-order valence-corrected chi connectivity index (χ2v) is 9.52. The molecule has 2 rings (SSSR count). The summed E-state index contributed by atoms with van der Waals surface area (Å²) in [4.78, 5) is 29.6. The van der Waals surface area contributed by atoms with Gasteiger partial charge in [0.25, 0.3) is 0 Å². The first-order chi connectivity index (χ1) is 13.0. The maximum Gasteiger partial charge on any atom is 0.415 e. The summed E-state index contributed by atoms with van der Waals surface area (Å²) in [6, 6.07) is -0.634. The lowest BCUT2D eigenvalue weighted by Crippen LogP contribution is -2.48. The van der Waals surface area contributed by atoms with Crippen molar-refractivity contribution in [3.8, 4) is 0 Å². The molecule has 0 saturated carbocycles. The Balaban J connectivity index is 2.39. The molecule has 6 nitrogen and oxygen atoms in total. The number of hydrogen-bond donors (Lipinski definition) is 1. The number of carbonyl (C=O) groups is 2. The smallest absolute Gasteiger partial charge is 0.415 e. The highest BCUT2D eigenvalue weighted by Crippen LogP contribution is 2.41. The van der Waals surface area contributed by atoms with E-state index in [2.05, 4.69) is 10.3 Å². The Hall–Kier alpha value is -2.32. The molecule has 2 heterocycles. The quantitative estimate of drug-likeness (QED) is 0.738. The molecule has 1 aromatic heterocycles. The molecule has 1 atom stereocenters. The van der Waals surface area contributed by atoms with Crippen LogP contribution >= 0.6 is 0 Å². The highest BCUT2D eigenvalue weighted by Gasteiger charge is 2.52. The van der Waals surface area contributed by atoms with E-state index in [-0.39, 0.29) is 34.9 Å². The van der Waals surface area contributed by atoms with E-state index in [0.717, 1.165) is 0 Å². The van der Waals surface area contributed by atoms with Crippen LogP contribution in [0.4, 0.5) is 29.5 Å². The second kappa shape index (κ2) is 7.50. The third kappa shape index (κ3) is 5.83. The van der Waals surface area contributed by atoms with Gasteiger partial charge in [-0.1, -0.05) is 20.8 Å². The SMILES string of the molecule is Cc1cc2c(nc1NC(=O)CC(C)(C)C)CC(C(F)(F)F)N2C(=O)OC(C)(C)C. The minimum Gasteiger partial charge on any atom is -0.443 e. The first kappa shape index (κ1) is 23.0. The number of nitrogens with zero attached hydrogens (tertiary/aromatic N) is 2. The number of aryl methyl sites for hydroxylation is 1. The van der Waals surface area contributed by atoms with Crippen LogP contribution in [0.1, 0.15) is 59.2 Å². The number of carbonyl (C=O) groups excluding carboxylic acids is 2. The maximum absolute atomic E-state index is 13.6. The van der Waals surface area contributed by atoms with Gasteiger partial charge in [-0.3, -0.25) is 9.69 Å². The summed E-state index contributed by atoms with van der Waals surface area (Å²) in [7, 11) is 0. The number of amides is 2. The lowest BCUT2D eigenvalue weighted by molar-refractivity contribution is -0.146. The van der Waals surface area contributed by atoms with E-state index in [1.165, 1.54) is 6.07 Å². The Kier molecular flexibility index (Phi) is 5.94. The Morgan fingerprint density at radius 2 is 1.79 bits per heavy atom. The molecule has 0 radical (unpaired) electrons. The Labute approximate surface area is 168 Å². The summed E-state index contributed by atoms with van der Waals surface area (Å²) in [5.74, 6) is -0.0765. The van der Waals surface area contributed by atoms with Crippen LogP contribution in [0.3, 0.4) is 0 Å². The van der Waals surface area contributed by atoms with Crippen molar-refractivity contribution in [2.45, 2.75) is 79.1 Å². The molecule has 1 aliphatic rings. The molecule has 0 bridgehead atoms. The fourth-order valence-electron chi connectivity index (χ4n) is 3.02. The van der Waals surface area contributed by atoms with E-state index in [9.17, 15) is 22.8 Å². The van der Waals surface area contributed by atoms with Gasteiger partial charge in [-0.2, -0.15) is 13.2 Å². The van der Waals surface area contributed by atoms with Gasteiger partial charge in [0.2, 0.25) is 5.91 Å². The van der Waals surface area contributed by atoms with Gasteiger partial charge in [0.05, 0.1) is 11.4 Å². The summed E-state index contributed by atoms with van der Waals surface area (Å²) < 4.78 is 46.0. The summed E-state index contributed by atoms with van der Waals surface area (Å²) in [5, 5.41) is 2.67. The zero-order chi connectivity index (χ0) is 22.4. The number of hydrogen-bond acceptors (Lipinski definition) is 4. The first-order valence-corrected chi connectivity index (χ1v) is 9.37. The Morgan fingerprint density at radius 1 is 1.21 bits per heavy atom. The van der Waals surface area contributed by atoms with Crippen LogP contribution in [0.25, 0.3) is 0 Å². The maximum atomic E-state index is 13.6. The fourth-order valence-corrected chi connectivity index (χ4v) is 3.02. The van der Waals surface area contributed by atoms with Gasteiger partial charge >= 0.3 is 12.3 Å². The molecule has 1 unspecified atom stereocenters. The van der Waals surface area contributed by atoms with Crippen molar-refractivity contribution in [3.63, 3.8) is 0 Å². The minimum absolute atomic E-state index is 0.0490. The number of rotatable bonds is 2. The third-order valence-corrected chi connectivity index (χ3v) is 4.14. The van der Waals surface area contributed by atoms with Crippen LogP contribution in [0, 0.1) is 12.3 Å². The van der Waals surface area contributed by atoms with Gasteiger partial charge in [-0.05, 0) is 44.7 Å². The first-order valence-electron chi connectivity index (χ1n) is 9.37. The van der Waals surface area contributed by atoms with Crippen molar-refractivity contribution in [2.24, 2.45) is 5.41 Å². The largest absolute Gasteiger partial charge is 0.443 e. The average molecular weight is 415 g/mol. The van der Waals surface area contributed by atoms with Crippen molar-refractivity contribution in [1.29, 1.82) is 0 Å². The van der Waals surface area contributed by atoms with Gasteiger partial charge in [0, 0.05) is 12.8 Å². The van der Waals surface area contributed by atoms with E-state index in [1.807, 2.05) is 20.8 Å². The van der Waals surface area contributed by atoms with E-state index in [4.69, 9.17) is 4.74 Å². The molecule has 29 heavy (non-hydrogen) atoms. The predicted octanol–water partition coefficient (Wildman–Crippen LogP) is 4.99. The van der Waals surface area contributed by atoms with Crippen molar-refractivity contribution in [1.82, 2.24) is 4.98 Å². The highest BCUT2D eigenvalue weighted by atomic mass is 19.4. The molecule has 0 aliphatic carbocycles. The highest BCUT2D eigenvalue weighted by molar-refractivity contribution is 5.94. The molecule has 0 saturated heterocycles. The molecule has 0 fully saturated rings. The summed E-state index contributed by atoms with van der Waals surface area (Å²) in [6.07, 6.45) is -5.99. The molecular formula is C20H28F3N3O3. The number of alkyl halides is 3. The fraction of sp³-hybridized carbons (Fsp3) is 0.650. The number of fused-ring (bicyclic) bond motifs is 1. The average Bonchev–Trinajstić information content (AvgIpc) is 2.82. The van der Waals surface area contributed by atoms with E-state index >= 15 is 0 Å². The minimum atomic E-state index is -4.65. The molecule has 1 aromatic rings. The van der Waals surface area contributed by atoms with Crippen molar-refractivity contribution < 1.29 is 27.5 Å².